The maximum Gasteiger partial charge on any atom is 0.251 e. The summed E-state index contributed by atoms with van der Waals surface area (Å²) in [6.45, 7) is 6.66. The van der Waals surface area contributed by atoms with Crippen LogP contribution >= 0.6 is 0 Å². The molecule has 0 heterocycles. The number of benzene rings is 1. The minimum atomic E-state index is -0.404. The predicted molar refractivity (Wildman–Crippen MR) is 66.3 cm³/mol. The summed E-state index contributed by atoms with van der Waals surface area (Å²) < 4.78 is 13.0. The van der Waals surface area contributed by atoms with E-state index in [-0.39, 0.29) is 11.3 Å². The van der Waals surface area contributed by atoms with Crippen molar-refractivity contribution in [3.05, 3.63) is 35.1 Å². The van der Waals surface area contributed by atoms with Crippen LogP contribution in [-0.4, -0.2) is 19.0 Å². The number of nitrogens with two attached hydrogens (primary N) is 1. The molecule has 94 valence electrons. The molecule has 3 N–H and O–H groups in total. The monoisotopic (exact) mass is 238 g/mol. The van der Waals surface area contributed by atoms with E-state index in [4.69, 9.17) is 5.73 Å². The van der Waals surface area contributed by atoms with Crippen LogP contribution in [0.3, 0.4) is 0 Å². The van der Waals surface area contributed by atoms with Crippen LogP contribution in [0.15, 0.2) is 18.2 Å². The van der Waals surface area contributed by atoms with Crippen molar-refractivity contribution in [2.45, 2.75) is 20.8 Å². The highest BCUT2D eigenvalue weighted by Crippen LogP contribution is 2.13. The highest BCUT2D eigenvalue weighted by Gasteiger charge is 2.18. The lowest BCUT2D eigenvalue weighted by molar-refractivity contribution is 0.0937. The zero-order chi connectivity index (χ0) is 13.1. The Labute approximate surface area is 101 Å². The molecule has 0 radical (unpaired) electrons. The molecule has 0 atom stereocenters. The average molecular weight is 238 g/mol. The van der Waals surface area contributed by atoms with Gasteiger partial charge in [0.25, 0.3) is 5.91 Å². The molecule has 0 aromatic heterocycles. The van der Waals surface area contributed by atoms with Crippen molar-refractivity contribution in [2.24, 2.45) is 11.1 Å². The summed E-state index contributed by atoms with van der Waals surface area (Å²) in [7, 11) is 0. The minimum absolute atomic E-state index is 0.156. The number of hydrogen-bond acceptors (Lipinski definition) is 2. The van der Waals surface area contributed by atoms with Gasteiger partial charge >= 0.3 is 0 Å². The molecule has 0 aliphatic heterocycles. The maximum absolute atomic E-state index is 13.0. The summed E-state index contributed by atoms with van der Waals surface area (Å²) in [5, 5.41) is 2.77. The van der Waals surface area contributed by atoms with Crippen molar-refractivity contribution in [3.63, 3.8) is 0 Å². The van der Waals surface area contributed by atoms with Gasteiger partial charge in [-0.25, -0.2) is 4.39 Å². The topological polar surface area (TPSA) is 55.1 Å². The van der Waals surface area contributed by atoms with E-state index in [9.17, 15) is 9.18 Å². The predicted octanol–water partition coefficient (Wildman–Crippen LogP) is 1.85. The van der Waals surface area contributed by atoms with E-state index < -0.39 is 5.82 Å². The first-order chi connectivity index (χ1) is 7.85. The lowest BCUT2D eigenvalue weighted by atomic mass is 9.93. The molecule has 1 rings (SSSR count). The molecule has 0 bridgehead atoms. The van der Waals surface area contributed by atoms with Gasteiger partial charge in [-0.15, -0.1) is 0 Å². The minimum Gasteiger partial charge on any atom is -0.351 e. The highest BCUT2D eigenvalue weighted by molar-refractivity contribution is 5.95. The Morgan fingerprint density at radius 1 is 1.47 bits per heavy atom. The van der Waals surface area contributed by atoms with Gasteiger partial charge in [0, 0.05) is 12.1 Å². The Bertz CT molecular complexity index is 416. The Kier molecular flexibility index (Phi) is 4.23. The van der Waals surface area contributed by atoms with E-state index in [1.165, 1.54) is 12.1 Å². The van der Waals surface area contributed by atoms with E-state index in [0.29, 0.717) is 18.7 Å². The van der Waals surface area contributed by atoms with Crippen LogP contribution in [0.25, 0.3) is 0 Å². The number of nitrogens with one attached hydrogen (secondary N) is 1. The Morgan fingerprint density at radius 3 is 2.71 bits per heavy atom. The van der Waals surface area contributed by atoms with E-state index >= 15 is 0 Å². The van der Waals surface area contributed by atoms with Crippen molar-refractivity contribution >= 4 is 5.91 Å². The van der Waals surface area contributed by atoms with Crippen LogP contribution in [0.4, 0.5) is 4.39 Å². The van der Waals surface area contributed by atoms with Gasteiger partial charge in [-0.2, -0.15) is 0 Å². The van der Waals surface area contributed by atoms with Gasteiger partial charge in [0.1, 0.15) is 5.82 Å². The smallest absolute Gasteiger partial charge is 0.251 e. The van der Waals surface area contributed by atoms with Crippen LogP contribution in [-0.2, 0) is 0 Å². The first-order valence-corrected chi connectivity index (χ1v) is 5.60. The number of carbonyl (C=O) groups is 1. The van der Waals surface area contributed by atoms with Gasteiger partial charge in [-0.1, -0.05) is 19.9 Å². The summed E-state index contributed by atoms with van der Waals surface area (Å²) in [5.41, 5.74) is 6.55. The van der Waals surface area contributed by atoms with E-state index in [0.717, 1.165) is 5.56 Å². The zero-order valence-corrected chi connectivity index (χ0v) is 10.5. The van der Waals surface area contributed by atoms with Crippen molar-refractivity contribution in [1.29, 1.82) is 0 Å². The number of carbonyl (C=O) groups excluding carboxylic acids is 1. The number of amides is 1. The quantitative estimate of drug-likeness (QED) is 0.841. The van der Waals surface area contributed by atoms with Crippen molar-refractivity contribution in [3.8, 4) is 0 Å². The number of rotatable bonds is 4. The van der Waals surface area contributed by atoms with Crippen LogP contribution in [0.5, 0.6) is 0 Å². The molecular formula is C13H19FN2O. The van der Waals surface area contributed by atoms with Gasteiger partial charge < -0.3 is 11.1 Å². The van der Waals surface area contributed by atoms with E-state index in [1.807, 2.05) is 13.8 Å². The molecule has 17 heavy (non-hydrogen) atoms. The molecule has 1 aromatic carbocycles. The lowest BCUT2D eigenvalue weighted by Gasteiger charge is -2.22. The summed E-state index contributed by atoms with van der Waals surface area (Å²) >= 11 is 0. The van der Waals surface area contributed by atoms with Crippen LogP contribution < -0.4 is 11.1 Å². The number of hydrogen-bond donors (Lipinski definition) is 2. The van der Waals surface area contributed by atoms with Gasteiger partial charge in [-0.3, -0.25) is 4.79 Å². The van der Waals surface area contributed by atoms with Crippen LogP contribution in [0, 0.1) is 18.2 Å². The summed E-state index contributed by atoms with van der Waals surface area (Å²) in [4.78, 5) is 11.9. The molecule has 0 aliphatic rings. The average Bonchev–Trinajstić information content (AvgIpc) is 2.29. The summed E-state index contributed by atoms with van der Waals surface area (Å²) in [5.74, 6) is -0.664. The highest BCUT2D eigenvalue weighted by atomic mass is 19.1. The third kappa shape index (κ3) is 3.82. The molecule has 0 aliphatic carbocycles. The molecule has 0 saturated carbocycles. The second-order valence-electron chi connectivity index (χ2n) is 5.01. The molecule has 1 amide bonds. The molecule has 3 nitrogen and oxygen atoms in total. The molecule has 0 saturated heterocycles. The molecule has 0 spiro atoms. The first-order valence-electron chi connectivity index (χ1n) is 5.60. The van der Waals surface area contributed by atoms with Gasteiger partial charge in [0.2, 0.25) is 0 Å². The standard InChI is InChI=1S/C13H19FN2O/c1-9-4-5-10(14)6-11(9)12(17)16-8-13(2,3)7-15/h4-6H,7-8,15H2,1-3H3,(H,16,17). The third-order valence-corrected chi connectivity index (χ3v) is 2.72. The fraction of sp³-hybridized carbons (Fsp3) is 0.462. The molecule has 0 unspecified atom stereocenters. The second-order valence-corrected chi connectivity index (χ2v) is 5.01. The van der Waals surface area contributed by atoms with E-state index in [1.54, 1.807) is 13.0 Å². The second kappa shape index (κ2) is 5.27. The van der Waals surface area contributed by atoms with Crippen LogP contribution in [0.1, 0.15) is 29.8 Å². The van der Waals surface area contributed by atoms with Crippen molar-refractivity contribution < 1.29 is 9.18 Å². The van der Waals surface area contributed by atoms with Gasteiger partial charge in [0.05, 0.1) is 0 Å². The van der Waals surface area contributed by atoms with E-state index in [2.05, 4.69) is 5.32 Å². The van der Waals surface area contributed by atoms with Crippen molar-refractivity contribution in [2.75, 3.05) is 13.1 Å². The van der Waals surface area contributed by atoms with Crippen LogP contribution in [0.2, 0.25) is 0 Å². The van der Waals surface area contributed by atoms with Gasteiger partial charge in [0.15, 0.2) is 0 Å². The molecule has 1 aromatic rings. The van der Waals surface area contributed by atoms with Crippen molar-refractivity contribution in [1.82, 2.24) is 5.32 Å². The maximum atomic E-state index is 13.0. The fourth-order valence-corrected chi connectivity index (χ4v) is 1.33. The summed E-state index contributed by atoms with van der Waals surface area (Å²) in [6.07, 6.45) is 0. The summed E-state index contributed by atoms with van der Waals surface area (Å²) in [6, 6.07) is 4.19. The molecule has 0 fully saturated rings. The molecule has 4 heteroatoms. The Morgan fingerprint density at radius 2 is 2.12 bits per heavy atom. The normalized spacial score (nSPS) is 11.4. The third-order valence-electron chi connectivity index (χ3n) is 2.72. The molecular weight excluding hydrogens is 219 g/mol. The zero-order valence-electron chi connectivity index (χ0n) is 10.5. The number of halogens is 1. The van der Waals surface area contributed by atoms with Gasteiger partial charge in [-0.05, 0) is 36.6 Å². The fourth-order valence-electron chi connectivity index (χ4n) is 1.33. The Balaban J connectivity index is 2.74. The SMILES string of the molecule is Cc1ccc(F)cc1C(=O)NCC(C)(C)CN. The first kappa shape index (κ1) is 13.6. The number of aryl methyl sites for hydroxylation is 1. The lowest BCUT2D eigenvalue weighted by Crippen LogP contribution is -2.38. The largest absolute Gasteiger partial charge is 0.351 e. The Hall–Kier alpha value is -1.42.